The van der Waals surface area contributed by atoms with Crippen LogP contribution in [0.4, 0.5) is 5.69 Å². The summed E-state index contributed by atoms with van der Waals surface area (Å²) >= 11 is 1.92. The number of nitrogens with two attached hydrogens (primary N) is 1. The maximum absolute atomic E-state index is 12.0. The van der Waals surface area contributed by atoms with Crippen LogP contribution < -0.4 is 5.73 Å². The average molecular weight is 262 g/mol. The minimum Gasteiger partial charge on any atom is -0.399 e. The van der Waals surface area contributed by atoms with Gasteiger partial charge < -0.3 is 10.6 Å². The molecule has 2 rings (SSSR count). The lowest BCUT2D eigenvalue weighted by molar-refractivity contribution is -0.125. The summed E-state index contributed by atoms with van der Waals surface area (Å²) in [6.45, 7) is 3.85. The molecule has 1 aliphatic heterocycles. The minimum atomic E-state index is 0.0963. The Labute approximate surface area is 112 Å². The highest BCUT2D eigenvalue weighted by atomic mass is 32.2. The Morgan fingerprint density at radius 3 is 2.83 bits per heavy atom. The van der Waals surface area contributed by atoms with Gasteiger partial charge in [0.2, 0.25) is 5.91 Å². The van der Waals surface area contributed by atoms with Gasteiger partial charge in [0.25, 0.3) is 0 Å². The molecule has 4 heteroatoms. The Morgan fingerprint density at radius 1 is 1.44 bits per heavy atom. The number of rotatable bonds is 2. The van der Waals surface area contributed by atoms with E-state index in [-0.39, 0.29) is 5.91 Å². The largest absolute Gasteiger partial charge is 0.399 e. The summed E-state index contributed by atoms with van der Waals surface area (Å²) < 4.78 is 0. The summed E-state index contributed by atoms with van der Waals surface area (Å²) in [4.78, 5) is 13.9. The van der Waals surface area contributed by atoms with Crippen molar-refractivity contribution in [3.05, 3.63) is 35.9 Å². The number of carbonyl (C=O) groups excluding carboxylic acids is 1. The average Bonchev–Trinajstić information content (AvgIpc) is 2.38. The predicted molar refractivity (Wildman–Crippen MR) is 78.4 cm³/mol. The third kappa shape index (κ3) is 3.53. The Kier molecular flexibility index (Phi) is 4.31. The zero-order chi connectivity index (χ0) is 13.0. The summed E-state index contributed by atoms with van der Waals surface area (Å²) in [7, 11) is 0. The van der Waals surface area contributed by atoms with Crippen molar-refractivity contribution in [1.82, 2.24) is 4.90 Å². The second kappa shape index (κ2) is 5.96. The van der Waals surface area contributed by atoms with Crippen LogP contribution in [0.3, 0.4) is 0 Å². The number of carbonyl (C=O) groups is 1. The van der Waals surface area contributed by atoms with Gasteiger partial charge >= 0.3 is 0 Å². The molecule has 1 amide bonds. The van der Waals surface area contributed by atoms with Gasteiger partial charge in [-0.25, -0.2) is 0 Å². The number of hydrogen-bond donors (Lipinski definition) is 1. The van der Waals surface area contributed by atoms with Gasteiger partial charge in [-0.05, 0) is 23.8 Å². The third-order valence-electron chi connectivity index (χ3n) is 2.91. The van der Waals surface area contributed by atoms with Crippen LogP contribution in [0.1, 0.15) is 12.5 Å². The van der Waals surface area contributed by atoms with Crippen molar-refractivity contribution in [1.29, 1.82) is 0 Å². The lowest BCUT2D eigenvalue weighted by Crippen LogP contribution is -2.40. The molecule has 1 saturated heterocycles. The highest BCUT2D eigenvalue weighted by molar-refractivity contribution is 7.99. The van der Waals surface area contributed by atoms with Crippen LogP contribution in [0, 0.1) is 0 Å². The number of thioether (sulfide) groups is 1. The van der Waals surface area contributed by atoms with E-state index in [9.17, 15) is 4.79 Å². The smallest absolute Gasteiger partial charge is 0.246 e. The van der Waals surface area contributed by atoms with Crippen molar-refractivity contribution >= 4 is 29.4 Å². The molecule has 0 radical (unpaired) electrons. The lowest BCUT2D eigenvalue weighted by atomic mass is 10.2. The Hall–Kier alpha value is -1.42. The number of anilines is 1. The molecule has 0 bridgehead atoms. The lowest BCUT2D eigenvalue weighted by Gasteiger charge is -2.29. The first kappa shape index (κ1) is 13.0. The van der Waals surface area contributed by atoms with Crippen LogP contribution in [0.15, 0.2) is 30.3 Å². The molecule has 1 aromatic rings. The van der Waals surface area contributed by atoms with Gasteiger partial charge in [0.05, 0.1) is 0 Å². The molecule has 1 fully saturated rings. The molecule has 2 N–H and O–H groups in total. The molecule has 18 heavy (non-hydrogen) atoms. The first-order valence-electron chi connectivity index (χ1n) is 6.09. The number of benzene rings is 1. The van der Waals surface area contributed by atoms with E-state index in [2.05, 4.69) is 6.92 Å². The first-order chi connectivity index (χ1) is 8.65. The van der Waals surface area contributed by atoms with E-state index in [1.807, 2.05) is 47.0 Å². The first-order valence-corrected chi connectivity index (χ1v) is 7.14. The Morgan fingerprint density at radius 2 is 2.17 bits per heavy atom. The Balaban J connectivity index is 1.96. The van der Waals surface area contributed by atoms with Gasteiger partial charge in [0.1, 0.15) is 0 Å². The van der Waals surface area contributed by atoms with Crippen LogP contribution >= 0.6 is 11.8 Å². The maximum Gasteiger partial charge on any atom is 0.246 e. The third-order valence-corrected chi connectivity index (χ3v) is 4.04. The summed E-state index contributed by atoms with van der Waals surface area (Å²) in [5.41, 5.74) is 7.35. The van der Waals surface area contributed by atoms with Crippen molar-refractivity contribution in [3.8, 4) is 0 Å². The van der Waals surface area contributed by atoms with Crippen LogP contribution in [-0.4, -0.2) is 34.9 Å². The number of amides is 1. The zero-order valence-corrected chi connectivity index (χ0v) is 11.3. The standard InChI is InChI=1S/C14H18N2OS/c1-11-10-16(8-9-18-11)14(17)7-4-12-2-5-13(15)6-3-12/h2-7,11H,8-10,15H2,1H3/b7-4+. The van der Waals surface area contributed by atoms with Gasteiger partial charge in [0, 0.05) is 35.9 Å². The van der Waals surface area contributed by atoms with Gasteiger partial charge in [-0.3, -0.25) is 4.79 Å². The second-order valence-electron chi connectivity index (χ2n) is 4.47. The number of hydrogen-bond acceptors (Lipinski definition) is 3. The fourth-order valence-corrected chi connectivity index (χ4v) is 2.91. The predicted octanol–water partition coefficient (Wildman–Crippen LogP) is 2.25. The van der Waals surface area contributed by atoms with E-state index in [1.54, 1.807) is 6.08 Å². The van der Waals surface area contributed by atoms with Crippen molar-refractivity contribution in [2.24, 2.45) is 0 Å². The van der Waals surface area contributed by atoms with Crippen molar-refractivity contribution < 1.29 is 4.79 Å². The zero-order valence-electron chi connectivity index (χ0n) is 10.5. The fraction of sp³-hybridized carbons (Fsp3) is 0.357. The van der Waals surface area contributed by atoms with E-state index in [0.717, 1.165) is 30.1 Å². The molecule has 0 saturated carbocycles. The van der Waals surface area contributed by atoms with Gasteiger partial charge in [-0.1, -0.05) is 19.1 Å². The van der Waals surface area contributed by atoms with Crippen LogP contribution in [0.5, 0.6) is 0 Å². The second-order valence-corrected chi connectivity index (χ2v) is 6.01. The van der Waals surface area contributed by atoms with Crippen molar-refractivity contribution in [2.45, 2.75) is 12.2 Å². The molecule has 1 aromatic carbocycles. The van der Waals surface area contributed by atoms with Crippen LogP contribution in [0.25, 0.3) is 6.08 Å². The molecular formula is C14H18N2OS. The minimum absolute atomic E-state index is 0.0963. The Bertz CT molecular complexity index is 442. The van der Waals surface area contributed by atoms with Gasteiger partial charge in [-0.15, -0.1) is 0 Å². The van der Waals surface area contributed by atoms with Gasteiger partial charge in [-0.2, -0.15) is 11.8 Å². The van der Waals surface area contributed by atoms with Crippen LogP contribution in [0.2, 0.25) is 0 Å². The molecule has 1 heterocycles. The van der Waals surface area contributed by atoms with E-state index >= 15 is 0 Å². The topological polar surface area (TPSA) is 46.3 Å². The number of nitrogen functional groups attached to an aromatic ring is 1. The van der Waals surface area contributed by atoms with Crippen LogP contribution in [-0.2, 0) is 4.79 Å². The van der Waals surface area contributed by atoms with E-state index < -0.39 is 0 Å². The molecular weight excluding hydrogens is 244 g/mol. The number of nitrogens with zero attached hydrogens (tertiary/aromatic N) is 1. The van der Waals surface area contributed by atoms with Crippen molar-refractivity contribution in [2.75, 3.05) is 24.6 Å². The molecule has 3 nitrogen and oxygen atoms in total. The molecule has 1 aliphatic rings. The SMILES string of the molecule is CC1CN(C(=O)/C=C/c2ccc(N)cc2)CCS1. The van der Waals surface area contributed by atoms with E-state index in [4.69, 9.17) is 5.73 Å². The highest BCUT2D eigenvalue weighted by Gasteiger charge is 2.19. The molecule has 1 unspecified atom stereocenters. The maximum atomic E-state index is 12.0. The summed E-state index contributed by atoms with van der Waals surface area (Å²) in [6, 6.07) is 7.50. The molecule has 0 spiro atoms. The molecule has 96 valence electrons. The normalized spacial score (nSPS) is 20.3. The van der Waals surface area contributed by atoms with Crippen molar-refractivity contribution in [3.63, 3.8) is 0 Å². The fourth-order valence-electron chi connectivity index (χ4n) is 1.90. The summed E-state index contributed by atoms with van der Waals surface area (Å²) in [5.74, 6) is 1.13. The molecule has 0 aliphatic carbocycles. The quantitative estimate of drug-likeness (QED) is 0.657. The van der Waals surface area contributed by atoms with E-state index in [0.29, 0.717) is 5.25 Å². The monoisotopic (exact) mass is 262 g/mol. The molecule has 1 atom stereocenters. The van der Waals surface area contributed by atoms with E-state index in [1.165, 1.54) is 0 Å². The highest BCUT2D eigenvalue weighted by Crippen LogP contribution is 2.18. The summed E-state index contributed by atoms with van der Waals surface area (Å²) in [5, 5.41) is 0.535. The summed E-state index contributed by atoms with van der Waals surface area (Å²) in [6.07, 6.45) is 3.49. The molecule has 0 aromatic heterocycles. The van der Waals surface area contributed by atoms with Gasteiger partial charge in [0.15, 0.2) is 0 Å².